The first-order chi connectivity index (χ1) is 19.4. The highest BCUT2D eigenvalue weighted by atomic mass is 35.5. The number of aromatic nitrogens is 2. The number of esters is 1. The number of urea groups is 1. The Morgan fingerprint density at radius 1 is 1.22 bits per heavy atom. The van der Waals surface area contributed by atoms with Gasteiger partial charge in [0.2, 0.25) is 5.91 Å². The van der Waals surface area contributed by atoms with Crippen LogP contribution >= 0.6 is 11.6 Å². The first-order valence-corrected chi connectivity index (χ1v) is 13.8. The van der Waals surface area contributed by atoms with E-state index in [0.29, 0.717) is 41.5 Å². The minimum Gasteiger partial charge on any atom is -0.496 e. The smallest absolute Gasteiger partial charge is 0.340 e. The number of hydrogen-bond acceptors (Lipinski definition) is 7. The van der Waals surface area contributed by atoms with Gasteiger partial charge in [0, 0.05) is 29.6 Å². The zero-order valence-corrected chi connectivity index (χ0v) is 24.7. The zero-order chi connectivity index (χ0) is 29.9. The van der Waals surface area contributed by atoms with Gasteiger partial charge in [-0.3, -0.25) is 9.69 Å². The molecule has 2 heterocycles. The van der Waals surface area contributed by atoms with Crippen molar-refractivity contribution in [3.63, 3.8) is 0 Å². The van der Waals surface area contributed by atoms with Gasteiger partial charge in [0.25, 0.3) is 0 Å². The van der Waals surface area contributed by atoms with Crippen molar-refractivity contribution in [3.8, 4) is 5.75 Å². The van der Waals surface area contributed by atoms with Crippen LogP contribution in [0.25, 0.3) is 0 Å². The molecule has 0 unspecified atom stereocenters. The summed E-state index contributed by atoms with van der Waals surface area (Å²) in [5.74, 6) is -0.191. The highest BCUT2D eigenvalue weighted by Gasteiger charge is 2.35. The van der Waals surface area contributed by atoms with Crippen LogP contribution in [0.3, 0.4) is 0 Å². The monoisotopic (exact) mass is 581 g/mol. The maximum absolute atomic E-state index is 13.8. The van der Waals surface area contributed by atoms with Gasteiger partial charge in [-0.1, -0.05) is 24.6 Å². The van der Waals surface area contributed by atoms with Crippen LogP contribution in [0.5, 0.6) is 5.75 Å². The molecule has 3 aromatic rings. The summed E-state index contributed by atoms with van der Waals surface area (Å²) in [6.45, 7) is 7.64. The number of nitrogens with zero attached hydrogens (tertiary/aromatic N) is 3. The number of nitrogen functional groups attached to an aromatic ring is 1. The molecule has 4 rings (SSSR count). The first kappa shape index (κ1) is 29.9. The number of rotatable bonds is 7. The predicted octanol–water partition coefficient (Wildman–Crippen LogP) is 5.14. The van der Waals surface area contributed by atoms with Crippen LogP contribution < -0.4 is 15.8 Å². The third-order valence-electron chi connectivity index (χ3n) is 6.89. The highest BCUT2D eigenvalue weighted by molar-refractivity contribution is 6.30. The normalized spacial score (nSPS) is 16.0. The number of hydrogen-bond donors (Lipinski definition) is 2. The van der Waals surface area contributed by atoms with Crippen LogP contribution in [-0.2, 0) is 29.0 Å². The van der Waals surface area contributed by atoms with Crippen LogP contribution in [-0.4, -0.2) is 45.1 Å². The number of fused-ring (bicyclic) bond motifs is 1. The summed E-state index contributed by atoms with van der Waals surface area (Å²) in [4.78, 5) is 45.6. The molecule has 10 nitrogen and oxygen atoms in total. The molecule has 2 atom stereocenters. The van der Waals surface area contributed by atoms with E-state index in [1.165, 1.54) is 4.90 Å². The third-order valence-corrected chi connectivity index (χ3v) is 7.13. The lowest BCUT2D eigenvalue weighted by Crippen LogP contribution is -2.46. The number of ether oxygens (including phenoxy) is 2. The Kier molecular flexibility index (Phi) is 8.92. The number of anilines is 1. The largest absolute Gasteiger partial charge is 0.496 e. The fourth-order valence-corrected chi connectivity index (χ4v) is 5.07. The molecule has 0 spiro atoms. The number of carbonyl (C=O) groups is 3. The molecule has 1 aromatic heterocycles. The lowest BCUT2D eigenvalue weighted by atomic mass is 9.97. The minimum atomic E-state index is -0.660. The Balaban J connectivity index is 1.56. The number of imidazole rings is 1. The van der Waals surface area contributed by atoms with Gasteiger partial charge in [-0.15, -0.1) is 0 Å². The summed E-state index contributed by atoms with van der Waals surface area (Å²) in [5, 5.41) is 3.51. The number of nitrogens with two attached hydrogens (primary N) is 1. The lowest BCUT2D eigenvalue weighted by molar-refractivity contribution is -0.132. The van der Waals surface area contributed by atoms with Crippen molar-refractivity contribution < 1.29 is 23.9 Å². The van der Waals surface area contributed by atoms with Gasteiger partial charge >= 0.3 is 12.0 Å². The summed E-state index contributed by atoms with van der Waals surface area (Å²) in [6.07, 6.45) is 4.30. The van der Waals surface area contributed by atoms with Crippen LogP contribution in [0.2, 0.25) is 5.02 Å². The van der Waals surface area contributed by atoms with Crippen molar-refractivity contribution >= 4 is 35.2 Å². The highest BCUT2D eigenvalue weighted by Crippen LogP contribution is 2.29. The Morgan fingerprint density at radius 2 is 1.98 bits per heavy atom. The molecule has 2 aromatic carbocycles. The predicted molar refractivity (Wildman–Crippen MR) is 156 cm³/mol. The molecular formula is C30H36ClN5O5. The number of amides is 3. The second-order valence-corrected chi connectivity index (χ2v) is 11.5. The van der Waals surface area contributed by atoms with Crippen LogP contribution in [0.15, 0.2) is 48.8 Å². The minimum absolute atomic E-state index is 0.0248. The summed E-state index contributed by atoms with van der Waals surface area (Å²) in [5.41, 5.74) is 7.52. The Hall–Kier alpha value is -4.05. The molecular weight excluding hydrogens is 546 g/mol. The quantitative estimate of drug-likeness (QED) is 0.292. The van der Waals surface area contributed by atoms with Gasteiger partial charge in [-0.05, 0) is 75.1 Å². The van der Waals surface area contributed by atoms with E-state index in [0.717, 1.165) is 5.56 Å². The van der Waals surface area contributed by atoms with Crippen LogP contribution in [0.1, 0.15) is 67.5 Å². The maximum Gasteiger partial charge on any atom is 0.340 e. The fourth-order valence-electron chi connectivity index (χ4n) is 4.87. The van der Waals surface area contributed by atoms with Gasteiger partial charge in [0.05, 0.1) is 31.2 Å². The third kappa shape index (κ3) is 7.00. The molecule has 0 saturated heterocycles. The molecule has 0 radical (unpaired) electrons. The number of carbonyl (C=O) groups excluding carboxylic acids is 3. The maximum atomic E-state index is 13.8. The SMILES string of the molecule is CC[C@@H](NC(=O)N1Cc2nccn2C[C@H](Cc2cc(Cl)ccc2OC)C1=O)c1ccc(C(=O)OC(C)(C)C)c(N)c1. The number of methoxy groups -OCH3 is 1. The van der Waals surface area contributed by atoms with E-state index in [2.05, 4.69) is 10.3 Å². The molecule has 0 aliphatic carbocycles. The van der Waals surface area contributed by atoms with Gasteiger partial charge in [0.15, 0.2) is 0 Å². The van der Waals surface area contributed by atoms with Gasteiger partial charge in [0.1, 0.15) is 17.2 Å². The van der Waals surface area contributed by atoms with E-state index >= 15 is 0 Å². The van der Waals surface area contributed by atoms with Crippen molar-refractivity contribution in [2.24, 2.45) is 5.92 Å². The van der Waals surface area contributed by atoms with E-state index in [1.807, 2.05) is 11.5 Å². The van der Waals surface area contributed by atoms with Crippen molar-refractivity contribution in [3.05, 3.63) is 76.3 Å². The number of halogens is 1. The van der Waals surface area contributed by atoms with Crippen LogP contribution in [0.4, 0.5) is 10.5 Å². The van der Waals surface area contributed by atoms with Crippen molar-refractivity contribution in [1.82, 2.24) is 19.8 Å². The first-order valence-electron chi connectivity index (χ1n) is 13.5. The topological polar surface area (TPSA) is 129 Å². The van der Waals surface area contributed by atoms with Gasteiger partial charge < -0.3 is 25.1 Å². The molecule has 0 saturated carbocycles. The molecule has 1 aliphatic rings. The van der Waals surface area contributed by atoms with Crippen LogP contribution in [0, 0.1) is 5.92 Å². The summed E-state index contributed by atoms with van der Waals surface area (Å²) >= 11 is 6.24. The van der Waals surface area contributed by atoms with E-state index in [-0.39, 0.29) is 23.7 Å². The standard InChI is InChI=1S/C30H36ClN5O5/c1-6-24(18-7-9-22(23(32)15-18)28(38)41-30(2,3)4)34-29(39)36-17-26-33-11-12-35(26)16-20(27(36)37)13-19-14-21(31)8-10-25(19)40-5/h7-12,14-15,20,24H,6,13,16-17,32H2,1-5H3,(H,34,39)/t20-,24+/m0/s1. The van der Waals surface area contributed by atoms with E-state index in [1.54, 1.807) is 76.7 Å². The molecule has 0 fully saturated rings. The number of benzene rings is 2. The van der Waals surface area contributed by atoms with Gasteiger partial charge in [-0.2, -0.15) is 0 Å². The zero-order valence-electron chi connectivity index (χ0n) is 23.9. The second kappa shape index (κ2) is 12.2. The van der Waals surface area contributed by atoms with E-state index in [4.69, 9.17) is 26.8 Å². The molecule has 218 valence electrons. The Morgan fingerprint density at radius 3 is 2.63 bits per heavy atom. The average molecular weight is 582 g/mol. The van der Waals surface area contributed by atoms with E-state index < -0.39 is 29.6 Å². The summed E-state index contributed by atoms with van der Waals surface area (Å²) in [6, 6.07) is 9.23. The Bertz CT molecular complexity index is 1450. The molecule has 11 heteroatoms. The molecule has 3 amide bonds. The summed E-state index contributed by atoms with van der Waals surface area (Å²) < 4.78 is 12.8. The van der Waals surface area contributed by atoms with Crippen molar-refractivity contribution in [2.45, 2.75) is 65.3 Å². The van der Waals surface area contributed by atoms with Crippen molar-refractivity contribution in [1.29, 1.82) is 0 Å². The summed E-state index contributed by atoms with van der Waals surface area (Å²) in [7, 11) is 1.56. The molecule has 0 bridgehead atoms. The van der Waals surface area contributed by atoms with Gasteiger partial charge in [-0.25, -0.2) is 14.6 Å². The number of nitrogens with one attached hydrogen (secondary N) is 1. The molecule has 3 N–H and O–H groups in total. The molecule has 41 heavy (non-hydrogen) atoms. The second-order valence-electron chi connectivity index (χ2n) is 11.0. The van der Waals surface area contributed by atoms with Crippen molar-refractivity contribution in [2.75, 3.05) is 12.8 Å². The molecule has 1 aliphatic heterocycles. The average Bonchev–Trinajstić information content (AvgIpc) is 3.30. The fraction of sp³-hybridized carbons (Fsp3) is 0.400. The number of imide groups is 1. The van der Waals surface area contributed by atoms with E-state index in [9.17, 15) is 14.4 Å². The lowest BCUT2D eigenvalue weighted by Gasteiger charge is -2.26. The Labute approximate surface area is 244 Å².